The summed E-state index contributed by atoms with van der Waals surface area (Å²) in [4.78, 5) is 24.6. The number of carbonyl (C=O) groups excluding carboxylic acids is 1. The Morgan fingerprint density at radius 1 is 1.32 bits per heavy atom. The van der Waals surface area contributed by atoms with Gasteiger partial charge in [0.05, 0.1) is 11.7 Å². The number of aromatic nitrogens is 2. The maximum atomic E-state index is 11.6. The van der Waals surface area contributed by atoms with Gasteiger partial charge in [0, 0.05) is 59.2 Å². The molecule has 0 bridgehead atoms. The molecular formula is C19H29F3N4O5. The topological polar surface area (TPSA) is 97.1 Å². The van der Waals surface area contributed by atoms with Crippen LogP contribution in [0.3, 0.4) is 0 Å². The third-order valence-corrected chi connectivity index (χ3v) is 5.18. The maximum Gasteiger partial charge on any atom is 0.490 e. The first-order chi connectivity index (χ1) is 14.6. The lowest BCUT2D eigenvalue weighted by atomic mass is 10.0. The van der Waals surface area contributed by atoms with Crippen LogP contribution < -0.4 is 0 Å². The highest BCUT2D eigenvalue weighted by atomic mass is 19.4. The number of carbonyl (C=O) groups is 2. The van der Waals surface area contributed by atoms with Gasteiger partial charge in [-0.25, -0.2) is 4.79 Å². The number of likely N-dealkylation sites (N-methyl/N-ethyl adjacent to an activating group) is 1. The van der Waals surface area contributed by atoms with E-state index in [9.17, 15) is 18.0 Å². The number of alkyl halides is 3. The van der Waals surface area contributed by atoms with E-state index >= 15 is 0 Å². The van der Waals surface area contributed by atoms with Crippen LogP contribution in [0.2, 0.25) is 0 Å². The average molecular weight is 450 g/mol. The number of carboxylic acids is 1. The fourth-order valence-corrected chi connectivity index (χ4v) is 3.47. The van der Waals surface area contributed by atoms with Crippen molar-refractivity contribution < 1.29 is 37.3 Å². The molecule has 0 spiro atoms. The molecule has 1 amide bonds. The molecule has 0 radical (unpaired) electrons. The molecule has 2 aliphatic rings. The molecule has 1 atom stereocenters. The molecule has 12 heteroatoms. The van der Waals surface area contributed by atoms with Crippen molar-refractivity contribution in [1.82, 2.24) is 19.6 Å². The van der Waals surface area contributed by atoms with Crippen LogP contribution in [0, 0.1) is 0 Å². The van der Waals surface area contributed by atoms with Gasteiger partial charge < -0.3 is 19.5 Å². The molecule has 3 heterocycles. The smallest absolute Gasteiger partial charge is 0.475 e. The molecule has 176 valence electrons. The van der Waals surface area contributed by atoms with Crippen molar-refractivity contribution in [3.8, 4) is 0 Å². The van der Waals surface area contributed by atoms with Gasteiger partial charge >= 0.3 is 12.1 Å². The van der Waals surface area contributed by atoms with Crippen LogP contribution in [0.15, 0.2) is 12.3 Å². The number of fused-ring (bicyclic) bond motifs is 1. The molecule has 0 aromatic carbocycles. The second-order valence-corrected chi connectivity index (χ2v) is 7.63. The first-order valence-electron chi connectivity index (χ1n) is 10.0. The summed E-state index contributed by atoms with van der Waals surface area (Å²) in [5.74, 6) is -2.75. The van der Waals surface area contributed by atoms with Crippen LogP contribution in [0.25, 0.3) is 0 Å². The second-order valence-electron chi connectivity index (χ2n) is 7.63. The lowest BCUT2D eigenvalue weighted by Crippen LogP contribution is -2.46. The number of aliphatic carboxylic acids is 1. The molecule has 3 rings (SSSR count). The van der Waals surface area contributed by atoms with Crippen molar-refractivity contribution >= 4 is 11.9 Å². The van der Waals surface area contributed by atoms with E-state index in [1.165, 1.54) is 5.69 Å². The Balaban J connectivity index is 0.000000423. The van der Waals surface area contributed by atoms with E-state index in [1.54, 1.807) is 19.0 Å². The summed E-state index contributed by atoms with van der Waals surface area (Å²) < 4.78 is 44.9. The van der Waals surface area contributed by atoms with Gasteiger partial charge in [0.2, 0.25) is 5.91 Å². The number of hydrogen-bond donors (Lipinski definition) is 1. The Labute approximate surface area is 178 Å². The molecule has 0 saturated carbocycles. The first kappa shape index (κ1) is 25.1. The van der Waals surface area contributed by atoms with Gasteiger partial charge in [0.25, 0.3) is 0 Å². The van der Waals surface area contributed by atoms with Crippen LogP contribution in [0.1, 0.15) is 31.0 Å². The zero-order valence-corrected chi connectivity index (χ0v) is 17.7. The summed E-state index contributed by atoms with van der Waals surface area (Å²) in [6, 6.07) is 3.01. The molecule has 1 N–H and O–H groups in total. The molecule has 1 saturated heterocycles. The number of ether oxygens (including phenoxy) is 2. The molecule has 31 heavy (non-hydrogen) atoms. The number of nitrogens with zero attached hydrogens (tertiary/aromatic N) is 4. The molecule has 9 nitrogen and oxygen atoms in total. The van der Waals surface area contributed by atoms with E-state index in [0.29, 0.717) is 18.7 Å². The maximum absolute atomic E-state index is 11.6. The van der Waals surface area contributed by atoms with Crippen molar-refractivity contribution in [2.24, 2.45) is 0 Å². The Bertz CT molecular complexity index is 720. The summed E-state index contributed by atoms with van der Waals surface area (Å²) in [5.41, 5.74) is 1.27. The van der Waals surface area contributed by atoms with Gasteiger partial charge in [-0.2, -0.15) is 18.3 Å². The summed E-state index contributed by atoms with van der Waals surface area (Å²) in [7, 11) is 3.49. The minimum absolute atomic E-state index is 0.00209. The van der Waals surface area contributed by atoms with Crippen LogP contribution in [0.5, 0.6) is 0 Å². The van der Waals surface area contributed by atoms with Gasteiger partial charge in [-0.15, -0.1) is 0 Å². The van der Waals surface area contributed by atoms with Crippen LogP contribution in [0.4, 0.5) is 13.2 Å². The Hall–Kier alpha value is -2.18. The number of halogens is 3. The van der Waals surface area contributed by atoms with Gasteiger partial charge in [0.15, 0.2) is 0 Å². The highest BCUT2D eigenvalue weighted by Gasteiger charge is 2.38. The van der Waals surface area contributed by atoms with Crippen LogP contribution in [-0.4, -0.2) is 95.8 Å². The van der Waals surface area contributed by atoms with Crippen molar-refractivity contribution in [1.29, 1.82) is 0 Å². The highest BCUT2D eigenvalue weighted by Crippen LogP contribution is 2.27. The predicted octanol–water partition coefficient (Wildman–Crippen LogP) is 1.55. The number of hydrogen-bond acceptors (Lipinski definition) is 6. The highest BCUT2D eigenvalue weighted by molar-refractivity contribution is 5.76. The molecule has 1 unspecified atom stereocenters. The van der Waals surface area contributed by atoms with E-state index in [1.807, 2.05) is 6.20 Å². The first-order valence-corrected chi connectivity index (χ1v) is 10.0. The summed E-state index contributed by atoms with van der Waals surface area (Å²) in [6.45, 7) is 4.40. The zero-order valence-electron chi connectivity index (χ0n) is 17.7. The molecular weight excluding hydrogens is 421 g/mol. The number of rotatable bonds is 6. The molecule has 1 aromatic heterocycles. The van der Waals surface area contributed by atoms with Gasteiger partial charge in [-0.05, 0) is 25.3 Å². The lowest BCUT2D eigenvalue weighted by molar-refractivity contribution is -0.192. The molecule has 0 aliphatic carbocycles. The summed E-state index contributed by atoms with van der Waals surface area (Å²) >= 11 is 0. The average Bonchev–Trinajstić information content (AvgIpc) is 3.20. The summed E-state index contributed by atoms with van der Waals surface area (Å²) in [5, 5.41) is 11.6. The number of carboxylic acid groups (broad SMARTS) is 1. The quantitative estimate of drug-likeness (QED) is 0.657. The summed E-state index contributed by atoms with van der Waals surface area (Å²) in [6.07, 6.45) is -0.120. The molecule has 2 aliphatic heterocycles. The van der Waals surface area contributed by atoms with E-state index in [-0.39, 0.29) is 12.5 Å². The lowest BCUT2D eigenvalue weighted by Gasteiger charge is -2.40. The zero-order chi connectivity index (χ0) is 23.0. The normalized spacial score (nSPS) is 19.8. The van der Waals surface area contributed by atoms with E-state index in [0.717, 1.165) is 45.6 Å². The van der Waals surface area contributed by atoms with Crippen molar-refractivity contribution in [2.45, 2.75) is 44.1 Å². The molecule has 1 aromatic rings. The Morgan fingerprint density at radius 3 is 2.55 bits per heavy atom. The standard InChI is InChI=1S/C17H28N4O3.C2HF3O2/c1-19(2)17(22)13-24-10-6-16-12-20(14-4-8-23-9-5-14)11-15-3-7-18-21(15)16;3-2(4,5)1(6)7/h3,7,14,16H,4-6,8-13H2,1-2H3;(H,6,7). The van der Waals surface area contributed by atoms with Gasteiger partial charge in [-0.3, -0.25) is 14.4 Å². The third kappa shape index (κ3) is 7.78. The fraction of sp³-hybridized carbons (Fsp3) is 0.737. The minimum atomic E-state index is -5.08. The largest absolute Gasteiger partial charge is 0.490 e. The van der Waals surface area contributed by atoms with Gasteiger partial charge in [0.1, 0.15) is 6.61 Å². The van der Waals surface area contributed by atoms with Crippen LogP contribution >= 0.6 is 0 Å². The monoisotopic (exact) mass is 450 g/mol. The Morgan fingerprint density at radius 2 is 1.97 bits per heavy atom. The minimum Gasteiger partial charge on any atom is -0.475 e. The third-order valence-electron chi connectivity index (χ3n) is 5.18. The van der Waals surface area contributed by atoms with E-state index in [2.05, 4.69) is 20.7 Å². The van der Waals surface area contributed by atoms with Crippen molar-refractivity contribution in [3.63, 3.8) is 0 Å². The van der Waals surface area contributed by atoms with E-state index < -0.39 is 12.1 Å². The van der Waals surface area contributed by atoms with Gasteiger partial charge in [-0.1, -0.05) is 0 Å². The number of amides is 1. The predicted molar refractivity (Wildman–Crippen MR) is 103 cm³/mol. The van der Waals surface area contributed by atoms with Crippen molar-refractivity contribution in [2.75, 3.05) is 47.1 Å². The van der Waals surface area contributed by atoms with Crippen molar-refractivity contribution in [3.05, 3.63) is 18.0 Å². The van der Waals surface area contributed by atoms with Crippen LogP contribution in [-0.2, 0) is 25.6 Å². The SMILES string of the molecule is CN(C)C(=O)COCCC1CN(C2CCOCC2)Cc2ccnn21.O=C(O)C(F)(F)F. The fourth-order valence-electron chi connectivity index (χ4n) is 3.47. The molecule has 1 fully saturated rings. The Kier molecular flexibility index (Phi) is 9.26. The second kappa shape index (κ2) is 11.4. The van der Waals surface area contributed by atoms with E-state index in [4.69, 9.17) is 19.4 Å².